The lowest BCUT2D eigenvalue weighted by Gasteiger charge is -2.29. The number of halogens is 1. The van der Waals surface area contributed by atoms with E-state index in [1.54, 1.807) is 47.4 Å². The lowest BCUT2D eigenvalue weighted by Crippen LogP contribution is -2.36. The molecule has 1 heterocycles. The predicted molar refractivity (Wildman–Crippen MR) is 89.4 cm³/mol. The molecule has 0 aliphatic carbocycles. The number of nitrogens with zero attached hydrogens (tertiary/aromatic N) is 1. The van der Waals surface area contributed by atoms with Gasteiger partial charge in [0.05, 0.1) is 12.2 Å². The lowest BCUT2D eigenvalue weighted by atomic mass is 10.2. The molecule has 1 aliphatic rings. The Morgan fingerprint density at radius 1 is 1.17 bits per heavy atom. The van der Waals surface area contributed by atoms with Gasteiger partial charge in [0.25, 0.3) is 5.91 Å². The zero-order valence-corrected chi connectivity index (χ0v) is 13.3. The predicted octanol–water partition coefficient (Wildman–Crippen LogP) is 3.34. The standard InChI is InChI=1S/C17H15ClN2O3/c1-11(21)20-8-9-23-16-7-6-14(10-15(16)20)19-17(22)12-2-4-13(18)5-3-12/h2-7,10H,8-9H2,1H3,(H,19,22). The van der Waals surface area contributed by atoms with Crippen molar-refractivity contribution < 1.29 is 14.3 Å². The maximum atomic E-state index is 12.2. The topological polar surface area (TPSA) is 58.6 Å². The minimum atomic E-state index is -0.243. The minimum Gasteiger partial charge on any atom is -0.490 e. The Morgan fingerprint density at radius 3 is 2.61 bits per heavy atom. The molecular formula is C17H15ClN2O3. The third kappa shape index (κ3) is 3.29. The van der Waals surface area contributed by atoms with Crippen LogP contribution in [0.15, 0.2) is 42.5 Å². The fourth-order valence-corrected chi connectivity index (χ4v) is 2.55. The second kappa shape index (κ2) is 6.30. The Labute approximate surface area is 138 Å². The van der Waals surface area contributed by atoms with Crippen LogP contribution >= 0.6 is 11.6 Å². The monoisotopic (exact) mass is 330 g/mol. The summed E-state index contributed by atoms with van der Waals surface area (Å²) in [5.74, 6) is 0.333. The van der Waals surface area contributed by atoms with E-state index in [9.17, 15) is 9.59 Å². The molecule has 0 fully saturated rings. The number of fused-ring (bicyclic) bond motifs is 1. The summed E-state index contributed by atoms with van der Waals surface area (Å²) in [6.07, 6.45) is 0. The molecule has 1 aliphatic heterocycles. The highest BCUT2D eigenvalue weighted by atomic mass is 35.5. The van der Waals surface area contributed by atoms with Crippen molar-refractivity contribution in [2.75, 3.05) is 23.4 Å². The van der Waals surface area contributed by atoms with E-state index in [0.29, 0.717) is 40.9 Å². The van der Waals surface area contributed by atoms with Crippen LogP contribution in [0.1, 0.15) is 17.3 Å². The molecule has 2 aromatic carbocycles. The molecule has 2 aromatic rings. The summed E-state index contributed by atoms with van der Waals surface area (Å²) in [4.78, 5) is 25.6. The van der Waals surface area contributed by atoms with E-state index >= 15 is 0 Å². The number of hydrogen-bond donors (Lipinski definition) is 1. The Morgan fingerprint density at radius 2 is 1.91 bits per heavy atom. The summed E-state index contributed by atoms with van der Waals surface area (Å²) < 4.78 is 5.54. The van der Waals surface area contributed by atoms with Gasteiger partial charge >= 0.3 is 0 Å². The molecule has 0 spiro atoms. The molecular weight excluding hydrogens is 316 g/mol. The average Bonchev–Trinajstić information content (AvgIpc) is 2.54. The van der Waals surface area contributed by atoms with Gasteiger partial charge in [0.2, 0.25) is 5.91 Å². The van der Waals surface area contributed by atoms with Gasteiger partial charge in [-0.2, -0.15) is 0 Å². The molecule has 0 unspecified atom stereocenters. The van der Waals surface area contributed by atoms with Crippen molar-refractivity contribution in [3.63, 3.8) is 0 Å². The van der Waals surface area contributed by atoms with Crippen LogP contribution < -0.4 is 15.0 Å². The van der Waals surface area contributed by atoms with Crippen LogP contribution in [0.25, 0.3) is 0 Å². The number of rotatable bonds is 2. The van der Waals surface area contributed by atoms with E-state index in [2.05, 4.69) is 5.32 Å². The molecule has 0 aromatic heterocycles. The summed E-state index contributed by atoms with van der Waals surface area (Å²) in [6.45, 7) is 2.47. The fraction of sp³-hybridized carbons (Fsp3) is 0.176. The van der Waals surface area contributed by atoms with Crippen molar-refractivity contribution >= 4 is 34.8 Å². The maximum absolute atomic E-state index is 12.2. The normalized spacial score (nSPS) is 13.0. The molecule has 0 atom stereocenters. The summed E-state index contributed by atoms with van der Waals surface area (Å²) in [7, 11) is 0. The van der Waals surface area contributed by atoms with Gasteiger partial charge in [0.15, 0.2) is 0 Å². The van der Waals surface area contributed by atoms with Crippen LogP contribution in [0.2, 0.25) is 5.02 Å². The van der Waals surface area contributed by atoms with Crippen LogP contribution in [0.4, 0.5) is 11.4 Å². The highest BCUT2D eigenvalue weighted by Crippen LogP contribution is 2.34. The number of hydrogen-bond acceptors (Lipinski definition) is 3. The Bertz CT molecular complexity index is 759. The van der Waals surface area contributed by atoms with Gasteiger partial charge in [-0.05, 0) is 42.5 Å². The molecule has 118 valence electrons. The molecule has 0 radical (unpaired) electrons. The number of benzene rings is 2. The Kier molecular flexibility index (Phi) is 4.21. The first-order chi connectivity index (χ1) is 11.0. The van der Waals surface area contributed by atoms with Crippen LogP contribution in [0.3, 0.4) is 0 Å². The zero-order valence-electron chi connectivity index (χ0n) is 12.5. The number of carbonyl (C=O) groups excluding carboxylic acids is 2. The van der Waals surface area contributed by atoms with Gasteiger partial charge < -0.3 is 15.0 Å². The third-order valence-electron chi connectivity index (χ3n) is 3.57. The van der Waals surface area contributed by atoms with Crippen molar-refractivity contribution in [3.05, 3.63) is 53.1 Å². The lowest BCUT2D eigenvalue weighted by molar-refractivity contribution is -0.116. The van der Waals surface area contributed by atoms with Gasteiger partial charge in [-0.15, -0.1) is 0 Å². The number of ether oxygens (including phenoxy) is 1. The molecule has 5 nitrogen and oxygen atoms in total. The Balaban J connectivity index is 1.84. The smallest absolute Gasteiger partial charge is 0.255 e. The first kappa shape index (κ1) is 15.4. The summed E-state index contributed by atoms with van der Waals surface area (Å²) >= 11 is 5.82. The van der Waals surface area contributed by atoms with Gasteiger partial charge in [-0.1, -0.05) is 11.6 Å². The van der Waals surface area contributed by atoms with Crippen molar-refractivity contribution in [1.82, 2.24) is 0 Å². The molecule has 23 heavy (non-hydrogen) atoms. The molecule has 2 amide bonds. The quantitative estimate of drug-likeness (QED) is 0.918. The van der Waals surface area contributed by atoms with E-state index in [-0.39, 0.29) is 11.8 Å². The third-order valence-corrected chi connectivity index (χ3v) is 3.82. The molecule has 6 heteroatoms. The van der Waals surface area contributed by atoms with Gasteiger partial charge in [-0.3, -0.25) is 9.59 Å². The maximum Gasteiger partial charge on any atom is 0.255 e. The van der Waals surface area contributed by atoms with Crippen LogP contribution in [0.5, 0.6) is 5.75 Å². The fourth-order valence-electron chi connectivity index (χ4n) is 2.43. The number of carbonyl (C=O) groups is 2. The number of anilines is 2. The molecule has 0 bridgehead atoms. The molecule has 0 saturated heterocycles. The van der Waals surface area contributed by atoms with Crippen LogP contribution in [-0.4, -0.2) is 25.0 Å². The van der Waals surface area contributed by atoms with Crippen LogP contribution in [0, 0.1) is 0 Å². The minimum absolute atomic E-state index is 0.0595. The molecule has 3 rings (SSSR count). The van der Waals surface area contributed by atoms with Crippen molar-refractivity contribution in [2.45, 2.75) is 6.92 Å². The van der Waals surface area contributed by atoms with Crippen molar-refractivity contribution in [1.29, 1.82) is 0 Å². The van der Waals surface area contributed by atoms with E-state index in [0.717, 1.165) is 0 Å². The summed E-state index contributed by atoms with van der Waals surface area (Å²) in [6, 6.07) is 11.9. The number of nitrogens with one attached hydrogen (secondary N) is 1. The first-order valence-corrected chi connectivity index (χ1v) is 7.54. The highest BCUT2D eigenvalue weighted by molar-refractivity contribution is 6.30. The zero-order chi connectivity index (χ0) is 16.4. The molecule has 0 saturated carbocycles. The van der Waals surface area contributed by atoms with Crippen molar-refractivity contribution in [3.8, 4) is 5.75 Å². The second-order valence-electron chi connectivity index (χ2n) is 5.16. The average molecular weight is 331 g/mol. The van der Waals surface area contributed by atoms with Crippen LogP contribution in [-0.2, 0) is 4.79 Å². The summed E-state index contributed by atoms with van der Waals surface area (Å²) in [5.41, 5.74) is 1.77. The molecule has 1 N–H and O–H groups in total. The largest absolute Gasteiger partial charge is 0.490 e. The van der Waals surface area contributed by atoms with E-state index < -0.39 is 0 Å². The Hall–Kier alpha value is -2.53. The SMILES string of the molecule is CC(=O)N1CCOc2ccc(NC(=O)c3ccc(Cl)cc3)cc21. The van der Waals surface area contributed by atoms with E-state index in [1.165, 1.54) is 6.92 Å². The highest BCUT2D eigenvalue weighted by Gasteiger charge is 2.21. The van der Waals surface area contributed by atoms with Gasteiger partial charge in [0.1, 0.15) is 12.4 Å². The summed E-state index contributed by atoms with van der Waals surface area (Å²) in [5, 5.41) is 3.39. The van der Waals surface area contributed by atoms with Gasteiger partial charge in [0, 0.05) is 23.2 Å². The first-order valence-electron chi connectivity index (χ1n) is 7.16. The van der Waals surface area contributed by atoms with E-state index in [1.807, 2.05) is 0 Å². The second-order valence-corrected chi connectivity index (χ2v) is 5.60. The van der Waals surface area contributed by atoms with Crippen molar-refractivity contribution in [2.24, 2.45) is 0 Å². The van der Waals surface area contributed by atoms with Gasteiger partial charge in [-0.25, -0.2) is 0 Å². The number of amides is 2. The van der Waals surface area contributed by atoms with E-state index in [4.69, 9.17) is 16.3 Å².